The van der Waals surface area contributed by atoms with Gasteiger partial charge in [0.25, 0.3) is 0 Å². The highest BCUT2D eigenvalue weighted by Gasteiger charge is 2.39. The fourth-order valence-electron chi connectivity index (χ4n) is 3.10. The molecule has 1 aromatic carbocycles. The van der Waals surface area contributed by atoms with Crippen LogP contribution in [0.1, 0.15) is 37.8 Å². The van der Waals surface area contributed by atoms with Gasteiger partial charge in [-0.2, -0.15) is 0 Å². The summed E-state index contributed by atoms with van der Waals surface area (Å²) >= 11 is 12.1. The van der Waals surface area contributed by atoms with Crippen LogP contribution in [0, 0.1) is 5.92 Å². The van der Waals surface area contributed by atoms with E-state index in [4.69, 9.17) is 28.9 Å². The first-order chi connectivity index (χ1) is 11.4. The lowest BCUT2D eigenvalue weighted by atomic mass is 10.1. The third-order valence-electron chi connectivity index (χ3n) is 4.54. The van der Waals surface area contributed by atoms with E-state index in [1.165, 1.54) is 0 Å². The van der Waals surface area contributed by atoms with Crippen LogP contribution in [0.2, 0.25) is 10.0 Å². The molecule has 2 aliphatic rings. The molecule has 1 saturated heterocycles. The standard InChI is InChI=1S/C17H22Cl2N4O.HI/c1-10(14-5-2-12(18)7-15(14)19)22-17(20)21-8-11-6-16(24)23(9-11)13-3-4-13;/h2,5,7,10-11,13H,3-4,6,8-9H2,1H3,(H3,20,21,22);1H. The van der Waals surface area contributed by atoms with Crippen LogP contribution < -0.4 is 11.1 Å². The fourth-order valence-corrected chi connectivity index (χ4v) is 3.67. The molecular formula is C17H23Cl2IN4O. The van der Waals surface area contributed by atoms with Crippen molar-refractivity contribution in [2.24, 2.45) is 16.6 Å². The van der Waals surface area contributed by atoms with Crippen molar-refractivity contribution >= 4 is 59.0 Å². The Kier molecular flexibility index (Phi) is 7.22. The molecule has 2 unspecified atom stereocenters. The molecule has 2 atom stereocenters. The number of hydrogen-bond acceptors (Lipinski definition) is 2. The fraction of sp³-hybridized carbons (Fsp3) is 0.529. The third-order valence-corrected chi connectivity index (χ3v) is 5.10. The van der Waals surface area contributed by atoms with Gasteiger partial charge < -0.3 is 16.0 Å². The van der Waals surface area contributed by atoms with Gasteiger partial charge in [0.05, 0.1) is 6.04 Å². The van der Waals surface area contributed by atoms with Crippen LogP contribution in [0.15, 0.2) is 23.2 Å². The average molecular weight is 497 g/mol. The molecule has 1 heterocycles. The molecule has 138 valence electrons. The molecule has 3 rings (SSSR count). The molecule has 0 radical (unpaired) electrons. The molecule has 1 saturated carbocycles. The van der Waals surface area contributed by atoms with Crippen LogP contribution in [0.3, 0.4) is 0 Å². The highest BCUT2D eigenvalue weighted by Crippen LogP contribution is 2.32. The van der Waals surface area contributed by atoms with Crippen molar-refractivity contribution < 1.29 is 4.79 Å². The summed E-state index contributed by atoms with van der Waals surface area (Å²) in [6.45, 7) is 3.33. The van der Waals surface area contributed by atoms with E-state index in [0.29, 0.717) is 35.0 Å². The summed E-state index contributed by atoms with van der Waals surface area (Å²) in [4.78, 5) is 18.3. The number of amides is 1. The van der Waals surface area contributed by atoms with Crippen molar-refractivity contribution in [1.29, 1.82) is 0 Å². The molecule has 5 nitrogen and oxygen atoms in total. The van der Waals surface area contributed by atoms with Crippen LogP contribution in [-0.4, -0.2) is 35.9 Å². The Morgan fingerprint density at radius 3 is 2.80 bits per heavy atom. The predicted molar refractivity (Wildman–Crippen MR) is 113 cm³/mol. The Balaban J connectivity index is 0.00000225. The second-order valence-electron chi connectivity index (χ2n) is 6.61. The molecule has 3 N–H and O–H groups in total. The van der Waals surface area contributed by atoms with Crippen LogP contribution >= 0.6 is 47.2 Å². The second-order valence-corrected chi connectivity index (χ2v) is 7.45. The highest BCUT2D eigenvalue weighted by atomic mass is 127. The maximum absolute atomic E-state index is 11.9. The van der Waals surface area contributed by atoms with Crippen LogP contribution in [0.25, 0.3) is 0 Å². The van der Waals surface area contributed by atoms with E-state index in [1.807, 2.05) is 17.9 Å². The number of nitrogens with two attached hydrogens (primary N) is 1. The summed E-state index contributed by atoms with van der Waals surface area (Å²) in [5, 5.41) is 4.33. The number of likely N-dealkylation sites (tertiary alicyclic amines) is 1. The predicted octanol–water partition coefficient (Wildman–Crippen LogP) is 3.59. The van der Waals surface area contributed by atoms with Crippen molar-refractivity contribution in [2.75, 3.05) is 13.1 Å². The van der Waals surface area contributed by atoms with Crippen molar-refractivity contribution in [1.82, 2.24) is 10.2 Å². The molecule has 1 aliphatic carbocycles. The first-order valence-corrected chi connectivity index (χ1v) is 9.00. The minimum Gasteiger partial charge on any atom is -0.370 e. The van der Waals surface area contributed by atoms with Gasteiger partial charge in [-0.15, -0.1) is 24.0 Å². The Bertz CT molecular complexity index is 666. The van der Waals surface area contributed by atoms with Gasteiger partial charge in [0.1, 0.15) is 0 Å². The summed E-state index contributed by atoms with van der Waals surface area (Å²) < 4.78 is 0. The molecule has 0 spiro atoms. The van der Waals surface area contributed by atoms with Crippen LogP contribution in [0.4, 0.5) is 0 Å². The lowest BCUT2D eigenvalue weighted by molar-refractivity contribution is -0.128. The van der Waals surface area contributed by atoms with Gasteiger partial charge in [0, 0.05) is 41.5 Å². The zero-order chi connectivity index (χ0) is 17.3. The Labute approximate surface area is 175 Å². The van der Waals surface area contributed by atoms with Gasteiger partial charge in [-0.05, 0) is 37.5 Å². The van der Waals surface area contributed by atoms with Crippen LogP contribution in [-0.2, 0) is 4.79 Å². The number of nitrogens with zero attached hydrogens (tertiary/aromatic N) is 2. The SMILES string of the molecule is CC(NC(N)=NCC1CC(=O)N(C2CC2)C1)c1ccc(Cl)cc1Cl.I. The molecule has 1 aromatic rings. The van der Waals surface area contributed by atoms with E-state index in [2.05, 4.69) is 10.3 Å². The molecule has 2 fully saturated rings. The zero-order valence-electron chi connectivity index (χ0n) is 14.0. The van der Waals surface area contributed by atoms with Gasteiger partial charge in [-0.25, -0.2) is 0 Å². The van der Waals surface area contributed by atoms with Gasteiger partial charge in [-0.1, -0.05) is 29.3 Å². The summed E-state index contributed by atoms with van der Waals surface area (Å²) in [6.07, 6.45) is 2.86. The first-order valence-electron chi connectivity index (χ1n) is 8.25. The summed E-state index contributed by atoms with van der Waals surface area (Å²) in [7, 11) is 0. The van der Waals surface area contributed by atoms with Crippen molar-refractivity contribution in [3.8, 4) is 0 Å². The quantitative estimate of drug-likeness (QED) is 0.372. The lowest BCUT2D eigenvalue weighted by Gasteiger charge is -2.17. The summed E-state index contributed by atoms with van der Waals surface area (Å²) in [5.74, 6) is 0.879. The maximum Gasteiger partial charge on any atom is 0.223 e. The second kappa shape index (κ2) is 8.77. The Hall–Kier alpha value is -0.730. The summed E-state index contributed by atoms with van der Waals surface area (Å²) in [5.41, 5.74) is 6.89. The number of guanidine groups is 1. The van der Waals surface area contributed by atoms with Gasteiger partial charge in [-0.3, -0.25) is 9.79 Å². The van der Waals surface area contributed by atoms with E-state index in [9.17, 15) is 4.79 Å². The van der Waals surface area contributed by atoms with Crippen LogP contribution in [0.5, 0.6) is 0 Å². The summed E-state index contributed by atoms with van der Waals surface area (Å²) in [6, 6.07) is 5.78. The highest BCUT2D eigenvalue weighted by molar-refractivity contribution is 14.0. The largest absolute Gasteiger partial charge is 0.370 e. The van der Waals surface area contributed by atoms with Crippen molar-refractivity contribution in [2.45, 2.75) is 38.3 Å². The molecule has 25 heavy (non-hydrogen) atoms. The third kappa shape index (κ3) is 5.37. The maximum atomic E-state index is 11.9. The number of benzene rings is 1. The average Bonchev–Trinajstić information content (AvgIpc) is 3.28. The Morgan fingerprint density at radius 1 is 1.44 bits per heavy atom. The number of hydrogen-bond donors (Lipinski definition) is 2. The van der Waals surface area contributed by atoms with Crippen molar-refractivity contribution in [3.63, 3.8) is 0 Å². The molecular weight excluding hydrogens is 474 g/mol. The van der Waals surface area contributed by atoms with E-state index in [-0.39, 0.29) is 41.8 Å². The smallest absolute Gasteiger partial charge is 0.223 e. The first kappa shape index (κ1) is 20.6. The Morgan fingerprint density at radius 2 is 2.16 bits per heavy atom. The molecule has 1 amide bonds. The van der Waals surface area contributed by atoms with Gasteiger partial charge >= 0.3 is 0 Å². The van der Waals surface area contributed by atoms with Gasteiger partial charge in [0.2, 0.25) is 5.91 Å². The monoisotopic (exact) mass is 496 g/mol. The number of aliphatic imine (C=N–C) groups is 1. The minimum atomic E-state index is -0.0771. The van der Waals surface area contributed by atoms with Crippen molar-refractivity contribution in [3.05, 3.63) is 33.8 Å². The molecule has 1 aliphatic heterocycles. The lowest BCUT2D eigenvalue weighted by Crippen LogP contribution is -2.34. The molecule has 0 bridgehead atoms. The minimum absolute atomic E-state index is 0. The van der Waals surface area contributed by atoms with E-state index < -0.39 is 0 Å². The zero-order valence-corrected chi connectivity index (χ0v) is 17.9. The van der Waals surface area contributed by atoms with E-state index >= 15 is 0 Å². The number of nitrogens with one attached hydrogen (secondary N) is 1. The molecule has 8 heteroatoms. The number of carbonyl (C=O) groups excluding carboxylic acids is 1. The number of halogens is 3. The van der Waals surface area contributed by atoms with Gasteiger partial charge in [0.15, 0.2) is 5.96 Å². The molecule has 0 aromatic heterocycles. The number of rotatable bonds is 5. The number of carbonyl (C=O) groups is 1. The normalized spacial score (nSPS) is 21.9. The van der Waals surface area contributed by atoms with E-state index in [1.54, 1.807) is 12.1 Å². The van der Waals surface area contributed by atoms with E-state index in [0.717, 1.165) is 24.9 Å². The topological polar surface area (TPSA) is 70.7 Å².